The van der Waals surface area contributed by atoms with Gasteiger partial charge >= 0.3 is 0 Å². The number of ether oxygens (including phenoxy) is 2. The van der Waals surface area contributed by atoms with E-state index in [1.54, 1.807) is 19.2 Å². The molecule has 0 bridgehead atoms. The minimum Gasteiger partial charge on any atom is -0.493 e. The van der Waals surface area contributed by atoms with Gasteiger partial charge in [-0.15, -0.1) is 11.3 Å². The largest absolute Gasteiger partial charge is 0.493 e. The number of hydrogen-bond donors (Lipinski definition) is 1. The fourth-order valence-corrected chi connectivity index (χ4v) is 4.80. The van der Waals surface area contributed by atoms with E-state index in [0.717, 1.165) is 16.7 Å². The number of hydrazone groups is 1. The maximum Gasteiger partial charge on any atom is 0.263 e. The molecule has 2 aromatic heterocycles. The number of benzene rings is 3. The van der Waals surface area contributed by atoms with Gasteiger partial charge in [-0.05, 0) is 34.9 Å². The molecule has 0 saturated carbocycles. The maximum absolute atomic E-state index is 13.1. The second-order valence-electron chi connectivity index (χ2n) is 8.35. The average molecular weight is 525 g/mol. The average Bonchev–Trinajstić information content (AvgIpc) is 3.40. The van der Waals surface area contributed by atoms with Crippen molar-refractivity contribution < 1.29 is 14.3 Å². The number of nitrogens with one attached hydrogen (secondary N) is 1. The molecule has 0 fully saturated rings. The second-order valence-corrected chi connectivity index (χ2v) is 9.21. The first-order valence-electron chi connectivity index (χ1n) is 11.8. The number of thiophene rings is 1. The highest BCUT2D eigenvalue weighted by molar-refractivity contribution is 7.17. The first-order valence-corrected chi connectivity index (χ1v) is 12.7. The molecule has 0 aliphatic carbocycles. The predicted octanol–water partition coefficient (Wildman–Crippen LogP) is 4.86. The van der Waals surface area contributed by atoms with Crippen molar-refractivity contribution in [2.75, 3.05) is 7.11 Å². The third-order valence-corrected chi connectivity index (χ3v) is 6.67. The van der Waals surface area contributed by atoms with Crippen LogP contribution in [0.5, 0.6) is 11.5 Å². The molecule has 1 amide bonds. The zero-order valence-electron chi connectivity index (χ0n) is 20.5. The number of nitrogens with zero attached hydrogens (tertiary/aromatic N) is 3. The molecule has 190 valence electrons. The first-order chi connectivity index (χ1) is 18.6. The van der Waals surface area contributed by atoms with Crippen molar-refractivity contribution in [3.8, 4) is 22.6 Å². The van der Waals surface area contributed by atoms with Crippen LogP contribution < -0.4 is 20.5 Å². The van der Waals surface area contributed by atoms with Crippen LogP contribution in [0, 0.1) is 0 Å². The minimum atomic E-state index is -0.448. The highest BCUT2D eigenvalue weighted by atomic mass is 32.1. The summed E-state index contributed by atoms with van der Waals surface area (Å²) in [6.45, 7) is 0.206. The lowest BCUT2D eigenvalue weighted by Gasteiger charge is -2.11. The van der Waals surface area contributed by atoms with Gasteiger partial charge in [0.25, 0.3) is 11.5 Å². The molecule has 5 rings (SSSR count). The van der Waals surface area contributed by atoms with E-state index in [0.29, 0.717) is 33.9 Å². The minimum absolute atomic E-state index is 0.210. The summed E-state index contributed by atoms with van der Waals surface area (Å²) in [5, 5.41) is 6.44. The van der Waals surface area contributed by atoms with Crippen molar-refractivity contribution in [3.63, 3.8) is 0 Å². The molecule has 0 radical (unpaired) electrons. The van der Waals surface area contributed by atoms with Crippen molar-refractivity contribution >= 4 is 33.7 Å². The first kappa shape index (κ1) is 24.9. The lowest BCUT2D eigenvalue weighted by molar-refractivity contribution is -0.121. The van der Waals surface area contributed by atoms with E-state index in [2.05, 4.69) is 15.5 Å². The van der Waals surface area contributed by atoms with Crippen molar-refractivity contribution in [1.82, 2.24) is 15.0 Å². The number of aromatic nitrogens is 2. The van der Waals surface area contributed by atoms with Crippen molar-refractivity contribution in [2.45, 2.75) is 13.2 Å². The highest BCUT2D eigenvalue weighted by Crippen LogP contribution is 2.30. The molecule has 5 aromatic rings. The SMILES string of the molecule is COc1cc(/C=N/NC(=O)Cn2cnc3scc(-c4ccccc4)c3c2=O)ccc1OCc1ccccc1. The molecule has 9 heteroatoms. The van der Waals surface area contributed by atoms with Crippen LogP contribution in [-0.2, 0) is 17.9 Å². The van der Waals surface area contributed by atoms with E-state index >= 15 is 0 Å². The van der Waals surface area contributed by atoms with Gasteiger partial charge in [-0.3, -0.25) is 14.2 Å². The third kappa shape index (κ3) is 5.63. The van der Waals surface area contributed by atoms with Crippen molar-refractivity contribution in [3.05, 3.63) is 112 Å². The Morgan fingerprint density at radius 2 is 1.82 bits per heavy atom. The Kier molecular flexibility index (Phi) is 7.56. The highest BCUT2D eigenvalue weighted by Gasteiger charge is 2.14. The van der Waals surface area contributed by atoms with Crippen molar-refractivity contribution in [1.29, 1.82) is 0 Å². The number of methoxy groups -OCH3 is 1. The van der Waals surface area contributed by atoms with Crippen LogP contribution in [0.1, 0.15) is 11.1 Å². The second kappa shape index (κ2) is 11.5. The predicted molar refractivity (Wildman–Crippen MR) is 149 cm³/mol. The lowest BCUT2D eigenvalue weighted by atomic mass is 10.1. The number of amides is 1. The van der Waals surface area contributed by atoms with Gasteiger partial charge in [0.2, 0.25) is 0 Å². The normalized spacial score (nSPS) is 11.1. The number of fused-ring (bicyclic) bond motifs is 1. The molecule has 0 atom stereocenters. The molecule has 8 nitrogen and oxygen atoms in total. The Labute approximate surface area is 222 Å². The van der Waals surface area contributed by atoms with E-state index < -0.39 is 5.91 Å². The molecule has 0 aliphatic rings. The molecule has 3 aromatic carbocycles. The summed E-state index contributed by atoms with van der Waals surface area (Å²) < 4.78 is 12.6. The van der Waals surface area contributed by atoms with Gasteiger partial charge in [-0.1, -0.05) is 60.7 Å². The Hall–Kier alpha value is -4.76. The summed E-state index contributed by atoms with van der Waals surface area (Å²) in [5.74, 6) is 0.700. The van der Waals surface area contributed by atoms with E-state index in [9.17, 15) is 9.59 Å². The molecule has 1 N–H and O–H groups in total. The van der Waals surface area contributed by atoms with Gasteiger partial charge in [-0.25, -0.2) is 10.4 Å². The standard InChI is InChI=1S/C29H24N4O4S/c1-36-25-14-21(12-13-24(25)37-17-20-8-4-2-5-9-20)15-31-32-26(34)16-33-19-30-28-27(29(33)35)23(18-38-28)22-10-6-3-7-11-22/h2-15,18-19H,16-17H2,1H3,(H,32,34)/b31-15+. The fraction of sp³-hybridized carbons (Fsp3) is 0.103. The Morgan fingerprint density at radius 1 is 1.05 bits per heavy atom. The topological polar surface area (TPSA) is 94.8 Å². The Balaban J connectivity index is 1.24. The smallest absolute Gasteiger partial charge is 0.263 e. The van der Waals surface area contributed by atoms with Gasteiger partial charge in [-0.2, -0.15) is 5.10 Å². The number of rotatable bonds is 9. The Bertz CT molecular complexity index is 1650. The molecule has 0 saturated heterocycles. The molecular weight excluding hydrogens is 500 g/mol. The third-order valence-electron chi connectivity index (χ3n) is 5.79. The van der Waals surface area contributed by atoms with Crippen LogP contribution in [0.3, 0.4) is 0 Å². The number of carbonyl (C=O) groups excluding carboxylic acids is 1. The molecule has 0 spiro atoms. The number of hydrogen-bond acceptors (Lipinski definition) is 7. The van der Waals surface area contributed by atoms with E-state index in [4.69, 9.17) is 9.47 Å². The van der Waals surface area contributed by atoms with Crippen LogP contribution in [0.4, 0.5) is 0 Å². The number of carbonyl (C=O) groups is 1. The van der Waals surface area contributed by atoms with Crippen LogP contribution in [-0.4, -0.2) is 28.8 Å². The van der Waals surface area contributed by atoms with E-state index in [-0.39, 0.29) is 12.1 Å². The fourth-order valence-electron chi connectivity index (χ4n) is 3.90. The zero-order valence-corrected chi connectivity index (χ0v) is 21.4. The summed E-state index contributed by atoms with van der Waals surface area (Å²) in [5.41, 5.74) is 5.68. The summed E-state index contributed by atoms with van der Waals surface area (Å²) in [4.78, 5) is 30.7. The summed E-state index contributed by atoms with van der Waals surface area (Å²) in [6.07, 6.45) is 2.89. The van der Waals surface area contributed by atoms with Gasteiger partial charge in [0, 0.05) is 10.9 Å². The molecule has 0 unspecified atom stereocenters. The summed E-state index contributed by atoms with van der Waals surface area (Å²) >= 11 is 1.40. The summed E-state index contributed by atoms with van der Waals surface area (Å²) in [6, 6.07) is 24.8. The zero-order chi connectivity index (χ0) is 26.3. The molecular formula is C29H24N4O4S. The Morgan fingerprint density at radius 3 is 2.58 bits per heavy atom. The monoisotopic (exact) mass is 524 g/mol. The molecule has 0 aliphatic heterocycles. The van der Waals surface area contributed by atoms with E-state index in [1.807, 2.05) is 72.1 Å². The van der Waals surface area contributed by atoms with Crippen molar-refractivity contribution in [2.24, 2.45) is 5.10 Å². The quantitative estimate of drug-likeness (QED) is 0.219. The van der Waals surface area contributed by atoms with Gasteiger partial charge in [0.15, 0.2) is 11.5 Å². The maximum atomic E-state index is 13.1. The van der Waals surface area contributed by atoms with Crippen LogP contribution in [0.25, 0.3) is 21.3 Å². The van der Waals surface area contributed by atoms with Crippen LogP contribution >= 0.6 is 11.3 Å². The molecule has 2 heterocycles. The van der Waals surface area contributed by atoms with Gasteiger partial charge in [0.05, 0.1) is 25.0 Å². The summed E-state index contributed by atoms with van der Waals surface area (Å²) in [7, 11) is 1.56. The van der Waals surface area contributed by atoms with Crippen LogP contribution in [0.15, 0.2) is 100 Å². The van der Waals surface area contributed by atoms with E-state index in [1.165, 1.54) is 28.4 Å². The van der Waals surface area contributed by atoms with Gasteiger partial charge in [0.1, 0.15) is 18.0 Å². The van der Waals surface area contributed by atoms with Gasteiger partial charge < -0.3 is 9.47 Å². The van der Waals surface area contributed by atoms with Crippen LogP contribution in [0.2, 0.25) is 0 Å². The molecule has 38 heavy (non-hydrogen) atoms. The lowest BCUT2D eigenvalue weighted by Crippen LogP contribution is -2.30.